The average molecular weight is 322 g/mol. The molecule has 0 spiro atoms. The summed E-state index contributed by atoms with van der Waals surface area (Å²) in [4.78, 5) is 15.7. The number of aromatic nitrogens is 1. The Labute approximate surface area is 119 Å². The zero-order chi connectivity index (χ0) is 13.7. The molecule has 0 aliphatic rings. The molecule has 0 radical (unpaired) electrons. The van der Waals surface area contributed by atoms with Crippen LogP contribution < -0.4 is 4.74 Å². The lowest BCUT2D eigenvalue weighted by Crippen LogP contribution is -2.05. The number of esters is 1. The zero-order valence-corrected chi connectivity index (χ0v) is 11.9. The van der Waals surface area contributed by atoms with Crippen molar-refractivity contribution in [1.29, 1.82) is 0 Å². The number of hydrogen-bond donors (Lipinski definition) is 0. The van der Waals surface area contributed by atoms with E-state index in [-0.39, 0.29) is 6.61 Å². The monoisotopic (exact) mass is 321 g/mol. The molecule has 0 saturated heterocycles. The van der Waals surface area contributed by atoms with Gasteiger partial charge in [0.25, 0.3) is 0 Å². The Morgan fingerprint density at radius 2 is 1.95 bits per heavy atom. The van der Waals surface area contributed by atoms with Crippen molar-refractivity contribution in [2.75, 3.05) is 7.11 Å². The predicted octanol–water partition coefficient (Wildman–Crippen LogP) is 3.21. The lowest BCUT2D eigenvalue weighted by atomic mass is 10.2. The topological polar surface area (TPSA) is 48.4 Å². The second-order valence-electron chi connectivity index (χ2n) is 3.79. The van der Waals surface area contributed by atoms with Crippen LogP contribution in [-0.2, 0) is 11.3 Å². The van der Waals surface area contributed by atoms with Crippen molar-refractivity contribution in [2.45, 2.75) is 6.61 Å². The average Bonchev–Trinajstić information content (AvgIpc) is 2.46. The van der Waals surface area contributed by atoms with Gasteiger partial charge in [0.1, 0.15) is 17.0 Å². The Balaban J connectivity index is 1.94. The van der Waals surface area contributed by atoms with E-state index in [2.05, 4.69) is 20.9 Å². The van der Waals surface area contributed by atoms with Gasteiger partial charge < -0.3 is 9.47 Å². The third kappa shape index (κ3) is 3.79. The van der Waals surface area contributed by atoms with E-state index in [1.54, 1.807) is 19.2 Å². The number of carbonyl (C=O) groups excluding carboxylic acids is 1. The summed E-state index contributed by atoms with van der Waals surface area (Å²) >= 11 is 3.21. The molecule has 4 nitrogen and oxygen atoms in total. The number of methoxy groups -OCH3 is 1. The molecule has 0 amide bonds. The van der Waals surface area contributed by atoms with Crippen LogP contribution in [0.2, 0.25) is 0 Å². The fraction of sp³-hybridized carbons (Fsp3) is 0.143. The van der Waals surface area contributed by atoms with E-state index in [1.165, 1.54) is 6.20 Å². The molecule has 19 heavy (non-hydrogen) atoms. The largest absolute Gasteiger partial charge is 0.497 e. The molecule has 0 bridgehead atoms. The lowest BCUT2D eigenvalue weighted by molar-refractivity contribution is 0.0472. The summed E-state index contributed by atoms with van der Waals surface area (Å²) in [5, 5.41) is 0. The van der Waals surface area contributed by atoms with Crippen LogP contribution in [0.4, 0.5) is 0 Å². The highest BCUT2D eigenvalue weighted by Crippen LogP contribution is 2.13. The van der Waals surface area contributed by atoms with Gasteiger partial charge in [0.2, 0.25) is 0 Å². The highest BCUT2D eigenvalue weighted by atomic mass is 79.9. The van der Waals surface area contributed by atoms with Crippen molar-refractivity contribution in [3.8, 4) is 5.75 Å². The molecule has 2 aromatic rings. The van der Waals surface area contributed by atoms with Crippen molar-refractivity contribution in [1.82, 2.24) is 4.98 Å². The van der Waals surface area contributed by atoms with Crippen molar-refractivity contribution in [2.24, 2.45) is 0 Å². The summed E-state index contributed by atoms with van der Waals surface area (Å²) in [5.74, 6) is 0.378. The van der Waals surface area contributed by atoms with Gasteiger partial charge in [0, 0.05) is 6.20 Å². The molecule has 98 valence electrons. The molecule has 0 atom stereocenters. The Hall–Kier alpha value is -1.88. The molecule has 0 saturated carbocycles. The molecule has 1 heterocycles. The van der Waals surface area contributed by atoms with Gasteiger partial charge in [-0.15, -0.1) is 0 Å². The molecular formula is C14H12BrNO3. The minimum absolute atomic E-state index is 0.221. The van der Waals surface area contributed by atoms with E-state index in [4.69, 9.17) is 9.47 Å². The molecule has 0 N–H and O–H groups in total. The minimum Gasteiger partial charge on any atom is -0.497 e. The van der Waals surface area contributed by atoms with Crippen LogP contribution in [0.1, 0.15) is 15.9 Å². The van der Waals surface area contributed by atoms with Gasteiger partial charge in [-0.05, 0) is 45.8 Å². The first kappa shape index (κ1) is 13.5. The van der Waals surface area contributed by atoms with Crippen molar-refractivity contribution in [3.63, 3.8) is 0 Å². The van der Waals surface area contributed by atoms with E-state index < -0.39 is 5.97 Å². The number of halogens is 1. The highest BCUT2D eigenvalue weighted by molar-refractivity contribution is 9.10. The van der Waals surface area contributed by atoms with Gasteiger partial charge in [-0.3, -0.25) is 0 Å². The Morgan fingerprint density at radius 1 is 1.21 bits per heavy atom. The fourth-order valence-electron chi connectivity index (χ4n) is 1.45. The van der Waals surface area contributed by atoms with E-state index in [9.17, 15) is 4.79 Å². The third-order valence-corrected chi connectivity index (χ3v) is 2.96. The number of ether oxygens (including phenoxy) is 2. The molecule has 1 aromatic heterocycles. The summed E-state index contributed by atoms with van der Waals surface area (Å²) in [5.41, 5.74) is 1.33. The van der Waals surface area contributed by atoms with Gasteiger partial charge in [0.05, 0.1) is 12.7 Å². The number of hydrogen-bond acceptors (Lipinski definition) is 4. The van der Waals surface area contributed by atoms with Gasteiger partial charge in [-0.25, -0.2) is 9.78 Å². The molecule has 1 aromatic carbocycles. The highest BCUT2D eigenvalue weighted by Gasteiger charge is 2.07. The maximum Gasteiger partial charge on any atom is 0.340 e. The molecule has 0 aliphatic heterocycles. The molecule has 2 rings (SSSR count). The molecule has 0 aliphatic carbocycles. The SMILES string of the molecule is COc1ccc(COC(=O)c2ccc(Br)nc2)cc1. The summed E-state index contributed by atoms with van der Waals surface area (Å²) in [6, 6.07) is 10.7. The maximum absolute atomic E-state index is 11.8. The predicted molar refractivity (Wildman–Crippen MR) is 74.1 cm³/mol. The Morgan fingerprint density at radius 3 is 2.53 bits per heavy atom. The Bertz CT molecular complexity index is 552. The normalized spacial score (nSPS) is 10.0. The van der Waals surface area contributed by atoms with Crippen LogP contribution in [0, 0.1) is 0 Å². The van der Waals surface area contributed by atoms with Crippen LogP contribution in [-0.4, -0.2) is 18.1 Å². The fourth-order valence-corrected chi connectivity index (χ4v) is 1.69. The van der Waals surface area contributed by atoms with Crippen molar-refractivity contribution in [3.05, 3.63) is 58.3 Å². The zero-order valence-electron chi connectivity index (χ0n) is 10.3. The molecule has 0 fully saturated rings. The lowest BCUT2D eigenvalue weighted by Gasteiger charge is -2.05. The van der Waals surface area contributed by atoms with Crippen LogP contribution in [0.25, 0.3) is 0 Å². The number of pyridine rings is 1. The van der Waals surface area contributed by atoms with E-state index >= 15 is 0 Å². The van der Waals surface area contributed by atoms with Gasteiger partial charge >= 0.3 is 5.97 Å². The molecule has 5 heteroatoms. The quantitative estimate of drug-likeness (QED) is 0.641. The first-order valence-electron chi connectivity index (χ1n) is 5.60. The van der Waals surface area contributed by atoms with Gasteiger partial charge in [0.15, 0.2) is 0 Å². The summed E-state index contributed by atoms with van der Waals surface area (Å²) < 4.78 is 10.9. The number of carbonyl (C=O) groups is 1. The van der Waals surface area contributed by atoms with Crippen molar-refractivity contribution < 1.29 is 14.3 Å². The number of benzene rings is 1. The maximum atomic E-state index is 11.8. The first-order valence-corrected chi connectivity index (χ1v) is 6.40. The first-order chi connectivity index (χ1) is 9.19. The summed E-state index contributed by atoms with van der Waals surface area (Å²) in [6.07, 6.45) is 1.47. The van der Waals surface area contributed by atoms with Crippen LogP contribution >= 0.6 is 15.9 Å². The minimum atomic E-state index is -0.393. The van der Waals surface area contributed by atoms with Crippen molar-refractivity contribution >= 4 is 21.9 Å². The van der Waals surface area contributed by atoms with E-state index in [0.29, 0.717) is 10.2 Å². The van der Waals surface area contributed by atoms with E-state index in [1.807, 2.05) is 24.3 Å². The van der Waals surface area contributed by atoms with E-state index in [0.717, 1.165) is 11.3 Å². The number of nitrogens with zero attached hydrogens (tertiary/aromatic N) is 1. The van der Waals surface area contributed by atoms with Crippen LogP contribution in [0.5, 0.6) is 5.75 Å². The summed E-state index contributed by atoms with van der Waals surface area (Å²) in [6.45, 7) is 0.221. The number of rotatable bonds is 4. The van der Waals surface area contributed by atoms with Gasteiger partial charge in [-0.2, -0.15) is 0 Å². The molecule has 0 unspecified atom stereocenters. The third-order valence-electron chi connectivity index (χ3n) is 2.49. The molecular weight excluding hydrogens is 310 g/mol. The summed E-state index contributed by atoms with van der Waals surface area (Å²) in [7, 11) is 1.61. The van der Waals surface area contributed by atoms with Crippen LogP contribution in [0.15, 0.2) is 47.2 Å². The smallest absolute Gasteiger partial charge is 0.340 e. The second kappa shape index (κ2) is 6.33. The van der Waals surface area contributed by atoms with Crippen LogP contribution in [0.3, 0.4) is 0 Å². The second-order valence-corrected chi connectivity index (χ2v) is 4.61. The Kier molecular flexibility index (Phi) is 4.52. The van der Waals surface area contributed by atoms with Gasteiger partial charge in [-0.1, -0.05) is 12.1 Å². The standard InChI is InChI=1S/C14H12BrNO3/c1-18-12-5-2-10(3-6-12)9-19-14(17)11-4-7-13(15)16-8-11/h2-8H,9H2,1H3.